The molecular weight excluding hydrogens is 803 g/mol. The van der Waals surface area contributed by atoms with E-state index >= 15 is 0 Å². The van der Waals surface area contributed by atoms with Crippen molar-refractivity contribution in [2.45, 2.75) is 333 Å². The van der Waals surface area contributed by atoms with Gasteiger partial charge in [0, 0.05) is 6.42 Å². The van der Waals surface area contributed by atoms with E-state index < -0.39 is 49.5 Å². The molecule has 1 aliphatic rings. The van der Waals surface area contributed by atoms with Crippen LogP contribution in [0.1, 0.15) is 290 Å². The number of hydrogen-bond acceptors (Lipinski definition) is 8. The van der Waals surface area contributed by atoms with Gasteiger partial charge < -0.3 is 40.3 Å². The minimum atomic E-state index is -1.55. The van der Waals surface area contributed by atoms with E-state index in [0.717, 1.165) is 38.5 Å². The Labute approximate surface area is 395 Å². The highest BCUT2D eigenvalue weighted by molar-refractivity contribution is 5.76. The molecule has 1 saturated heterocycles. The standard InChI is InChI=1S/C55H109NO8/c1-3-5-7-9-11-13-15-16-17-18-19-20-21-22-23-24-25-26-27-28-29-30-31-32-33-34-35-37-39-41-43-45-51(59)56-48(47-63-55-54(62)53(61)52(60)50(46-57)64-55)49(58)44-42-40-38-36-14-12-10-8-6-4-2/h48-50,52-55,57-58,60-62H,3-47H2,1-2H3,(H,56,59). The van der Waals surface area contributed by atoms with E-state index in [2.05, 4.69) is 19.2 Å². The number of unbranched alkanes of at least 4 members (excludes halogenated alkanes) is 39. The maximum atomic E-state index is 13.0. The lowest BCUT2D eigenvalue weighted by atomic mass is 9.99. The molecule has 9 nitrogen and oxygen atoms in total. The van der Waals surface area contributed by atoms with Crippen molar-refractivity contribution in [3.05, 3.63) is 0 Å². The molecule has 0 aromatic carbocycles. The normalized spacial score (nSPS) is 19.9. The van der Waals surface area contributed by atoms with Crippen molar-refractivity contribution in [1.82, 2.24) is 5.32 Å². The second-order valence-electron chi connectivity index (χ2n) is 20.1. The number of amides is 1. The lowest BCUT2D eigenvalue weighted by Crippen LogP contribution is -2.60. The molecule has 0 saturated carbocycles. The van der Waals surface area contributed by atoms with Gasteiger partial charge in [-0.1, -0.05) is 271 Å². The second kappa shape index (κ2) is 45.9. The molecule has 7 unspecified atom stereocenters. The van der Waals surface area contributed by atoms with Gasteiger partial charge in [0.05, 0.1) is 25.4 Å². The maximum Gasteiger partial charge on any atom is 0.220 e. The Morgan fingerprint density at radius 1 is 0.469 bits per heavy atom. The summed E-state index contributed by atoms with van der Waals surface area (Å²) in [6, 6.07) is -0.711. The van der Waals surface area contributed by atoms with E-state index in [-0.39, 0.29) is 12.5 Å². The SMILES string of the molecule is CCCCCCCCCCCCCCCCCCCCCCCCCCCCCCCCCC(=O)NC(COC1OC(CO)C(O)C(O)C1O)C(O)CCCCCCCCCCCC. The molecule has 6 N–H and O–H groups in total. The van der Waals surface area contributed by atoms with Gasteiger partial charge >= 0.3 is 0 Å². The third kappa shape index (κ3) is 35.3. The fourth-order valence-electron chi connectivity index (χ4n) is 9.46. The summed E-state index contributed by atoms with van der Waals surface area (Å²) >= 11 is 0. The fraction of sp³-hybridized carbons (Fsp3) is 0.982. The third-order valence-electron chi connectivity index (χ3n) is 14.0. The molecule has 0 aliphatic carbocycles. The zero-order chi connectivity index (χ0) is 46.6. The Morgan fingerprint density at radius 3 is 1.11 bits per heavy atom. The Kier molecular flexibility index (Phi) is 43.9. The van der Waals surface area contributed by atoms with E-state index in [4.69, 9.17) is 9.47 Å². The van der Waals surface area contributed by atoms with Gasteiger partial charge in [0.2, 0.25) is 5.91 Å². The van der Waals surface area contributed by atoms with E-state index in [0.29, 0.717) is 12.8 Å². The van der Waals surface area contributed by atoms with Crippen LogP contribution in [0.3, 0.4) is 0 Å². The Hall–Kier alpha value is -0.810. The predicted molar refractivity (Wildman–Crippen MR) is 268 cm³/mol. The molecule has 0 aromatic rings. The molecule has 0 radical (unpaired) electrons. The van der Waals surface area contributed by atoms with Crippen LogP contribution in [0.2, 0.25) is 0 Å². The largest absolute Gasteiger partial charge is 0.394 e. The molecule has 1 rings (SSSR count). The first kappa shape index (κ1) is 61.2. The van der Waals surface area contributed by atoms with E-state index in [1.54, 1.807) is 0 Å². The topological polar surface area (TPSA) is 149 Å². The van der Waals surface area contributed by atoms with Crippen LogP contribution in [0.15, 0.2) is 0 Å². The summed E-state index contributed by atoms with van der Waals surface area (Å²) in [4.78, 5) is 13.0. The van der Waals surface area contributed by atoms with Crippen molar-refractivity contribution in [1.29, 1.82) is 0 Å². The predicted octanol–water partition coefficient (Wildman–Crippen LogP) is 13.5. The number of hydrogen-bond donors (Lipinski definition) is 6. The smallest absolute Gasteiger partial charge is 0.220 e. The first-order valence-corrected chi connectivity index (χ1v) is 28.2. The summed E-state index contributed by atoms with van der Waals surface area (Å²) in [7, 11) is 0. The summed E-state index contributed by atoms with van der Waals surface area (Å²) in [5.74, 6) is -0.139. The van der Waals surface area contributed by atoms with Crippen molar-refractivity contribution in [2.24, 2.45) is 0 Å². The average molecular weight is 912 g/mol. The average Bonchev–Trinajstić information content (AvgIpc) is 3.29. The van der Waals surface area contributed by atoms with Gasteiger partial charge in [-0.15, -0.1) is 0 Å². The van der Waals surface area contributed by atoms with Gasteiger partial charge in [0.15, 0.2) is 6.29 Å². The van der Waals surface area contributed by atoms with Crippen molar-refractivity contribution in [3.63, 3.8) is 0 Å². The first-order chi connectivity index (χ1) is 31.3. The van der Waals surface area contributed by atoms with Crippen LogP contribution in [0.25, 0.3) is 0 Å². The maximum absolute atomic E-state index is 13.0. The first-order valence-electron chi connectivity index (χ1n) is 28.2. The highest BCUT2D eigenvalue weighted by Gasteiger charge is 2.44. The van der Waals surface area contributed by atoms with Crippen LogP contribution >= 0.6 is 0 Å². The Morgan fingerprint density at radius 2 is 0.781 bits per heavy atom. The summed E-state index contributed by atoms with van der Waals surface area (Å²) in [5, 5.41) is 54.4. The third-order valence-corrected chi connectivity index (χ3v) is 14.0. The van der Waals surface area contributed by atoms with E-state index in [9.17, 15) is 30.3 Å². The number of nitrogens with one attached hydrogen (secondary N) is 1. The molecular formula is C55H109NO8. The minimum Gasteiger partial charge on any atom is -0.394 e. The van der Waals surface area contributed by atoms with E-state index in [1.165, 1.54) is 225 Å². The Bertz CT molecular complexity index is 970. The highest BCUT2D eigenvalue weighted by atomic mass is 16.7. The van der Waals surface area contributed by atoms with Crippen LogP contribution in [0.4, 0.5) is 0 Å². The Balaban J connectivity index is 2.06. The number of ether oxygens (including phenoxy) is 2. The molecule has 0 aromatic heterocycles. The minimum absolute atomic E-state index is 0.132. The van der Waals surface area contributed by atoms with Crippen molar-refractivity contribution in [2.75, 3.05) is 13.2 Å². The van der Waals surface area contributed by atoms with Gasteiger partial charge in [-0.25, -0.2) is 0 Å². The van der Waals surface area contributed by atoms with Crippen LogP contribution in [0, 0.1) is 0 Å². The molecule has 1 heterocycles. The monoisotopic (exact) mass is 912 g/mol. The van der Waals surface area contributed by atoms with Gasteiger partial charge in [0.25, 0.3) is 0 Å². The van der Waals surface area contributed by atoms with Gasteiger partial charge in [0.1, 0.15) is 24.4 Å². The van der Waals surface area contributed by atoms with Crippen LogP contribution in [0.5, 0.6) is 0 Å². The van der Waals surface area contributed by atoms with Gasteiger partial charge in [-0.3, -0.25) is 4.79 Å². The van der Waals surface area contributed by atoms with Crippen molar-refractivity contribution >= 4 is 5.91 Å². The number of aliphatic hydroxyl groups is 5. The summed E-state index contributed by atoms with van der Waals surface area (Å²) < 4.78 is 11.3. The van der Waals surface area contributed by atoms with Crippen molar-refractivity contribution in [3.8, 4) is 0 Å². The molecule has 64 heavy (non-hydrogen) atoms. The lowest BCUT2D eigenvalue weighted by Gasteiger charge is -2.40. The highest BCUT2D eigenvalue weighted by Crippen LogP contribution is 2.23. The lowest BCUT2D eigenvalue weighted by molar-refractivity contribution is -0.302. The molecule has 0 bridgehead atoms. The zero-order valence-corrected chi connectivity index (χ0v) is 42.3. The number of carbonyl (C=O) groups excluding carboxylic acids is 1. The van der Waals surface area contributed by atoms with Crippen LogP contribution in [-0.2, 0) is 14.3 Å². The van der Waals surface area contributed by atoms with Gasteiger partial charge in [-0.2, -0.15) is 0 Å². The second-order valence-corrected chi connectivity index (χ2v) is 20.1. The number of aliphatic hydroxyl groups excluding tert-OH is 5. The number of rotatable bonds is 49. The molecule has 382 valence electrons. The molecule has 1 aliphatic heterocycles. The zero-order valence-electron chi connectivity index (χ0n) is 42.3. The summed E-state index contributed by atoms with van der Waals surface area (Å²) in [6.45, 7) is 3.85. The molecule has 1 fully saturated rings. The number of carbonyl (C=O) groups is 1. The van der Waals surface area contributed by atoms with E-state index in [1.807, 2.05) is 0 Å². The summed E-state index contributed by atoms with van der Waals surface area (Å²) in [6.07, 6.45) is 47.3. The molecule has 0 spiro atoms. The molecule has 7 atom stereocenters. The summed E-state index contributed by atoms with van der Waals surface area (Å²) in [5.41, 5.74) is 0. The van der Waals surface area contributed by atoms with Crippen molar-refractivity contribution < 1.29 is 39.8 Å². The fourth-order valence-corrected chi connectivity index (χ4v) is 9.46. The van der Waals surface area contributed by atoms with Crippen LogP contribution < -0.4 is 5.32 Å². The van der Waals surface area contributed by atoms with Crippen LogP contribution in [-0.4, -0.2) is 87.5 Å². The molecule has 9 heteroatoms. The van der Waals surface area contributed by atoms with Gasteiger partial charge in [-0.05, 0) is 12.8 Å². The quantitative estimate of drug-likeness (QED) is 0.0331. The molecule has 1 amide bonds.